The summed E-state index contributed by atoms with van der Waals surface area (Å²) in [6.45, 7) is 3.83. The Morgan fingerprint density at radius 1 is 0.939 bits per heavy atom. The van der Waals surface area contributed by atoms with E-state index in [4.69, 9.17) is 9.15 Å². The van der Waals surface area contributed by atoms with Crippen molar-refractivity contribution in [3.63, 3.8) is 0 Å². The van der Waals surface area contributed by atoms with E-state index in [2.05, 4.69) is 27.3 Å². The fourth-order valence-electron chi connectivity index (χ4n) is 3.73. The highest BCUT2D eigenvalue weighted by Gasteiger charge is 2.25. The summed E-state index contributed by atoms with van der Waals surface area (Å²) in [5, 5.41) is 3.46. The molecule has 1 aliphatic heterocycles. The van der Waals surface area contributed by atoms with Gasteiger partial charge in [-0.2, -0.15) is 0 Å². The molecule has 0 spiro atoms. The second-order valence-electron chi connectivity index (χ2n) is 7.53. The van der Waals surface area contributed by atoms with E-state index < -0.39 is 0 Å². The van der Waals surface area contributed by atoms with Crippen molar-refractivity contribution >= 4 is 35.8 Å². The van der Waals surface area contributed by atoms with E-state index in [0.717, 1.165) is 22.8 Å². The van der Waals surface area contributed by atoms with Gasteiger partial charge in [-0.15, -0.1) is 24.0 Å². The molecule has 4 rings (SSSR count). The summed E-state index contributed by atoms with van der Waals surface area (Å²) in [6.07, 6.45) is 1.53. The van der Waals surface area contributed by atoms with Crippen molar-refractivity contribution < 1.29 is 13.9 Å². The van der Waals surface area contributed by atoms with E-state index in [-0.39, 0.29) is 29.9 Å². The van der Waals surface area contributed by atoms with Crippen molar-refractivity contribution in [2.75, 3.05) is 33.2 Å². The summed E-state index contributed by atoms with van der Waals surface area (Å²) in [6, 6.07) is 21.5. The predicted molar refractivity (Wildman–Crippen MR) is 139 cm³/mol. The molecule has 8 heteroatoms. The van der Waals surface area contributed by atoms with Crippen LogP contribution < -0.4 is 10.1 Å². The number of aliphatic imine (C=N–C) groups is 1. The van der Waals surface area contributed by atoms with Crippen LogP contribution >= 0.6 is 24.0 Å². The number of furan rings is 1. The van der Waals surface area contributed by atoms with Crippen LogP contribution in [0.3, 0.4) is 0 Å². The molecule has 1 fully saturated rings. The average molecular weight is 560 g/mol. The molecule has 0 bridgehead atoms. The lowest BCUT2D eigenvalue weighted by Gasteiger charge is -2.36. The third-order valence-corrected chi connectivity index (χ3v) is 5.50. The maximum atomic E-state index is 12.5. The topological polar surface area (TPSA) is 70.3 Å². The van der Waals surface area contributed by atoms with E-state index in [1.165, 1.54) is 6.26 Å². The van der Waals surface area contributed by atoms with Crippen LogP contribution in [0.2, 0.25) is 0 Å². The Balaban J connectivity index is 0.00000306. The molecule has 0 atom stereocenters. The number of amides is 1. The maximum Gasteiger partial charge on any atom is 0.289 e. The highest BCUT2D eigenvalue weighted by Crippen LogP contribution is 2.15. The minimum absolute atomic E-state index is 0. The Bertz CT molecular complexity index is 1030. The van der Waals surface area contributed by atoms with Crippen LogP contribution in [-0.4, -0.2) is 54.9 Å². The Morgan fingerprint density at radius 3 is 2.27 bits per heavy atom. The molecule has 3 aromatic rings. The molecule has 2 aromatic carbocycles. The van der Waals surface area contributed by atoms with Crippen LogP contribution in [0.25, 0.3) is 0 Å². The maximum absolute atomic E-state index is 12.5. The molecule has 0 unspecified atom stereocenters. The van der Waals surface area contributed by atoms with E-state index in [0.29, 0.717) is 45.1 Å². The van der Waals surface area contributed by atoms with E-state index in [1.54, 1.807) is 19.2 Å². The highest BCUT2D eigenvalue weighted by atomic mass is 127. The number of piperazine rings is 1. The molecule has 0 aliphatic carbocycles. The number of hydrogen-bond acceptors (Lipinski definition) is 4. The summed E-state index contributed by atoms with van der Waals surface area (Å²) in [4.78, 5) is 20.9. The fourth-order valence-corrected chi connectivity index (χ4v) is 3.73. The molecule has 2 heterocycles. The van der Waals surface area contributed by atoms with E-state index >= 15 is 0 Å². The minimum atomic E-state index is -0.0649. The van der Waals surface area contributed by atoms with Gasteiger partial charge in [0.15, 0.2) is 11.7 Å². The predicted octanol–water partition coefficient (Wildman–Crippen LogP) is 4.01. The van der Waals surface area contributed by atoms with E-state index in [1.807, 2.05) is 47.4 Å². The number of benzene rings is 2. The largest absolute Gasteiger partial charge is 0.489 e. The lowest BCUT2D eigenvalue weighted by atomic mass is 10.1. The quantitative estimate of drug-likeness (QED) is 0.281. The van der Waals surface area contributed by atoms with Gasteiger partial charge in [-0.1, -0.05) is 42.5 Å². The summed E-state index contributed by atoms with van der Waals surface area (Å²) < 4.78 is 11.2. The zero-order valence-electron chi connectivity index (χ0n) is 18.6. The number of hydrogen-bond donors (Lipinski definition) is 1. The summed E-state index contributed by atoms with van der Waals surface area (Å²) in [5.41, 5.74) is 2.30. The Labute approximate surface area is 211 Å². The van der Waals surface area contributed by atoms with Crippen molar-refractivity contribution in [1.29, 1.82) is 0 Å². The number of carbonyl (C=O) groups is 1. The van der Waals surface area contributed by atoms with Crippen molar-refractivity contribution in [2.45, 2.75) is 13.2 Å². The lowest BCUT2D eigenvalue weighted by molar-refractivity contribution is 0.0657. The Morgan fingerprint density at radius 2 is 1.61 bits per heavy atom. The monoisotopic (exact) mass is 560 g/mol. The van der Waals surface area contributed by atoms with Crippen molar-refractivity contribution in [1.82, 2.24) is 15.1 Å². The SMILES string of the molecule is CN=C(NCc1ccccc1COc1ccccc1)N1CCN(C(=O)c2ccco2)CC1.I. The highest BCUT2D eigenvalue weighted by molar-refractivity contribution is 14.0. The van der Waals surface area contributed by atoms with Gasteiger partial charge in [0.05, 0.1) is 6.26 Å². The molecule has 33 heavy (non-hydrogen) atoms. The number of nitrogens with zero attached hydrogens (tertiary/aromatic N) is 3. The van der Waals surface area contributed by atoms with Crippen LogP contribution in [0.15, 0.2) is 82.4 Å². The van der Waals surface area contributed by atoms with Gasteiger partial charge in [0.1, 0.15) is 12.4 Å². The number of para-hydroxylation sites is 1. The van der Waals surface area contributed by atoms with Gasteiger partial charge >= 0.3 is 0 Å². The number of guanidine groups is 1. The van der Waals surface area contributed by atoms with Gasteiger partial charge < -0.3 is 24.3 Å². The van der Waals surface area contributed by atoms with Crippen LogP contribution in [-0.2, 0) is 13.2 Å². The van der Waals surface area contributed by atoms with Gasteiger partial charge in [-0.3, -0.25) is 9.79 Å². The molecule has 1 aromatic heterocycles. The third kappa shape index (κ3) is 6.50. The molecule has 1 amide bonds. The fraction of sp³-hybridized carbons (Fsp3) is 0.280. The molecular formula is C25H29IN4O3. The first-order chi connectivity index (χ1) is 15.7. The second kappa shape index (κ2) is 12.3. The van der Waals surface area contributed by atoms with Crippen molar-refractivity contribution in [3.8, 4) is 5.75 Å². The van der Waals surface area contributed by atoms with Gasteiger partial charge in [0.25, 0.3) is 5.91 Å². The number of rotatable bonds is 6. The number of ether oxygens (including phenoxy) is 1. The molecule has 7 nitrogen and oxygen atoms in total. The smallest absolute Gasteiger partial charge is 0.289 e. The average Bonchev–Trinajstić information content (AvgIpc) is 3.39. The normalized spacial score (nSPS) is 13.9. The zero-order chi connectivity index (χ0) is 22.2. The molecule has 1 N–H and O–H groups in total. The van der Waals surface area contributed by atoms with Crippen molar-refractivity contribution in [2.24, 2.45) is 4.99 Å². The van der Waals surface area contributed by atoms with Gasteiger partial charge in [-0.25, -0.2) is 0 Å². The zero-order valence-corrected chi connectivity index (χ0v) is 21.0. The summed E-state index contributed by atoms with van der Waals surface area (Å²) in [5.74, 6) is 2.00. The third-order valence-electron chi connectivity index (χ3n) is 5.50. The number of halogens is 1. The van der Waals surface area contributed by atoms with Crippen molar-refractivity contribution in [3.05, 3.63) is 89.9 Å². The minimum Gasteiger partial charge on any atom is -0.489 e. The van der Waals surface area contributed by atoms with Crippen LogP contribution in [0.4, 0.5) is 0 Å². The van der Waals surface area contributed by atoms with Gasteiger partial charge in [-0.05, 0) is 35.4 Å². The molecule has 1 aliphatic rings. The Hall–Kier alpha value is -3.01. The molecular weight excluding hydrogens is 531 g/mol. The molecule has 1 saturated heterocycles. The van der Waals surface area contributed by atoms with Gasteiger partial charge in [0.2, 0.25) is 0 Å². The molecule has 0 radical (unpaired) electrons. The summed E-state index contributed by atoms with van der Waals surface area (Å²) >= 11 is 0. The lowest BCUT2D eigenvalue weighted by Crippen LogP contribution is -2.53. The first-order valence-corrected chi connectivity index (χ1v) is 10.8. The molecule has 0 saturated carbocycles. The summed E-state index contributed by atoms with van der Waals surface area (Å²) in [7, 11) is 1.78. The Kier molecular flexibility index (Phi) is 9.17. The first kappa shape index (κ1) is 24.6. The van der Waals surface area contributed by atoms with E-state index in [9.17, 15) is 4.79 Å². The first-order valence-electron chi connectivity index (χ1n) is 10.8. The van der Waals surface area contributed by atoms with Crippen LogP contribution in [0, 0.1) is 0 Å². The number of nitrogens with one attached hydrogen (secondary N) is 1. The van der Waals surface area contributed by atoms with Crippen LogP contribution in [0.5, 0.6) is 5.75 Å². The van der Waals surface area contributed by atoms with Crippen LogP contribution in [0.1, 0.15) is 21.7 Å². The second-order valence-corrected chi connectivity index (χ2v) is 7.53. The standard InChI is InChI=1S/C25H28N4O3.HI/c1-26-25(29-15-13-28(14-16-29)24(30)23-12-7-17-31-23)27-18-20-8-5-6-9-21(20)19-32-22-10-3-2-4-11-22;/h2-12,17H,13-16,18-19H2,1H3,(H,26,27);1H. The van der Waals surface area contributed by atoms with Gasteiger partial charge in [0, 0.05) is 39.8 Å². The number of carbonyl (C=O) groups excluding carboxylic acids is 1. The molecule has 174 valence electrons.